The van der Waals surface area contributed by atoms with Crippen molar-refractivity contribution in [1.82, 2.24) is 9.62 Å². The van der Waals surface area contributed by atoms with Crippen LogP contribution in [0.3, 0.4) is 0 Å². The van der Waals surface area contributed by atoms with E-state index in [1.54, 1.807) is 7.05 Å². The molecule has 0 aliphatic carbocycles. The first-order chi connectivity index (χ1) is 7.82. The molecule has 1 rings (SSSR count). The second-order valence-electron chi connectivity index (χ2n) is 3.66. The molecule has 96 valence electrons. The molecule has 1 N–H and O–H groups in total. The minimum Gasteiger partial charge on any atom is -0.316 e. The summed E-state index contributed by atoms with van der Waals surface area (Å²) in [5, 5.41) is 3.51. The first-order valence-electron chi connectivity index (χ1n) is 4.86. The van der Waals surface area contributed by atoms with Gasteiger partial charge in [0.25, 0.3) is 0 Å². The summed E-state index contributed by atoms with van der Waals surface area (Å²) in [6.45, 7) is 0.411. The van der Waals surface area contributed by atoms with Crippen LogP contribution in [-0.2, 0) is 16.6 Å². The zero-order chi connectivity index (χ0) is 13.2. The molecule has 0 atom stereocenters. The molecular formula is C10H14Cl2N2O2S. The van der Waals surface area contributed by atoms with Crippen LogP contribution in [0.4, 0.5) is 0 Å². The highest BCUT2D eigenvalue weighted by atomic mass is 35.5. The molecule has 1 aromatic carbocycles. The quantitative estimate of drug-likeness (QED) is 0.924. The zero-order valence-electron chi connectivity index (χ0n) is 9.79. The van der Waals surface area contributed by atoms with Gasteiger partial charge in [-0.2, -0.15) is 0 Å². The highest BCUT2D eigenvalue weighted by Gasteiger charge is 2.23. The summed E-state index contributed by atoms with van der Waals surface area (Å²) < 4.78 is 25.1. The number of sulfonamides is 1. The van der Waals surface area contributed by atoms with Crippen molar-refractivity contribution in [3.63, 3.8) is 0 Å². The number of halogens is 2. The Kier molecular flexibility index (Phi) is 4.80. The lowest BCUT2D eigenvalue weighted by atomic mass is 10.2. The predicted octanol–water partition coefficient (Wildman–Crippen LogP) is 1.96. The summed E-state index contributed by atoms with van der Waals surface area (Å²) >= 11 is 12.1. The van der Waals surface area contributed by atoms with Crippen LogP contribution in [-0.4, -0.2) is 33.9 Å². The third-order valence-corrected chi connectivity index (χ3v) is 5.02. The van der Waals surface area contributed by atoms with Crippen LogP contribution >= 0.6 is 23.2 Å². The lowest BCUT2D eigenvalue weighted by molar-refractivity contribution is 0.520. The average Bonchev–Trinajstić information content (AvgIpc) is 2.23. The molecule has 0 saturated heterocycles. The van der Waals surface area contributed by atoms with E-state index in [9.17, 15) is 8.42 Å². The number of benzene rings is 1. The van der Waals surface area contributed by atoms with Crippen LogP contribution in [0.1, 0.15) is 5.56 Å². The smallest absolute Gasteiger partial charge is 0.244 e. The fourth-order valence-corrected chi connectivity index (χ4v) is 3.09. The molecule has 0 radical (unpaired) electrons. The first-order valence-corrected chi connectivity index (χ1v) is 7.06. The van der Waals surface area contributed by atoms with Crippen molar-refractivity contribution in [3.8, 4) is 0 Å². The first kappa shape index (κ1) is 14.7. The van der Waals surface area contributed by atoms with Gasteiger partial charge in [-0.1, -0.05) is 23.2 Å². The summed E-state index contributed by atoms with van der Waals surface area (Å²) in [4.78, 5) is 0.0683. The van der Waals surface area contributed by atoms with Gasteiger partial charge in [0.1, 0.15) is 4.90 Å². The maximum absolute atomic E-state index is 12.0. The molecule has 0 bridgehead atoms. The zero-order valence-corrected chi connectivity index (χ0v) is 12.1. The molecule has 7 heteroatoms. The minimum absolute atomic E-state index is 0.0683. The molecule has 0 aromatic heterocycles. The maximum Gasteiger partial charge on any atom is 0.244 e. The molecule has 0 fully saturated rings. The molecule has 4 nitrogen and oxygen atoms in total. The number of nitrogens with one attached hydrogen (secondary N) is 1. The van der Waals surface area contributed by atoms with Crippen molar-refractivity contribution < 1.29 is 8.42 Å². The maximum atomic E-state index is 12.0. The van der Waals surface area contributed by atoms with Crippen molar-refractivity contribution in [2.24, 2.45) is 0 Å². The Morgan fingerprint density at radius 2 is 1.88 bits per heavy atom. The Labute approximate surface area is 112 Å². The third kappa shape index (κ3) is 2.92. The Morgan fingerprint density at radius 3 is 2.35 bits per heavy atom. The molecule has 17 heavy (non-hydrogen) atoms. The number of hydrogen-bond acceptors (Lipinski definition) is 3. The molecule has 0 aliphatic rings. The van der Waals surface area contributed by atoms with Crippen LogP contribution in [0.15, 0.2) is 17.0 Å². The molecule has 0 saturated carbocycles. The van der Waals surface area contributed by atoms with Gasteiger partial charge in [0, 0.05) is 31.2 Å². The fraction of sp³-hybridized carbons (Fsp3) is 0.400. The highest BCUT2D eigenvalue weighted by Crippen LogP contribution is 2.31. The van der Waals surface area contributed by atoms with Crippen LogP contribution in [0.25, 0.3) is 0 Å². The van der Waals surface area contributed by atoms with Crippen molar-refractivity contribution in [1.29, 1.82) is 0 Å². The van der Waals surface area contributed by atoms with Crippen molar-refractivity contribution in [2.75, 3.05) is 21.1 Å². The molecule has 0 heterocycles. The van der Waals surface area contributed by atoms with Crippen LogP contribution in [0, 0.1) is 0 Å². The van der Waals surface area contributed by atoms with Crippen molar-refractivity contribution in [3.05, 3.63) is 27.7 Å². The predicted molar refractivity (Wildman–Crippen MR) is 70.1 cm³/mol. The van der Waals surface area contributed by atoms with Gasteiger partial charge in [-0.3, -0.25) is 0 Å². The fourth-order valence-electron chi connectivity index (χ4n) is 1.31. The summed E-state index contributed by atoms with van der Waals surface area (Å²) in [5.41, 5.74) is 0.582. The van der Waals surface area contributed by atoms with Crippen molar-refractivity contribution >= 4 is 33.2 Å². The van der Waals surface area contributed by atoms with Gasteiger partial charge in [0.2, 0.25) is 10.0 Å². The van der Waals surface area contributed by atoms with E-state index in [2.05, 4.69) is 5.32 Å². The van der Waals surface area contributed by atoms with Crippen LogP contribution < -0.4 is 5.32 Å². The topological polar surface area (TPSA) is 49.4 Å². The largest absolute Gasteiger partial charge is 0.316 e. The standard InChI is InChI=1S/C10H14Cl2N2O2S/c1-13-6-7-8(11)4-5-9(10(7)12)17(15,16)14(2)3/h4-5,13H,6H2,1-3H3. The van der Waals surface area contributed by atoms with E-state index < -0.39 is 10.0 Å². The summed E-state index contributed by atoms with van der Waals surface area (Å²) in [5.74, 6) is 0. The second kappa shape index (κ2) is 5.54. The lowest BCUT2D eigenvalue weighted by Crippen LogP contribution is -2.23. The van der Waals surface area contributed by atoms with E-state index in [4.69, 9.17) is 23.2 Å². The van der Waals surface area contributed by atoms with Crippen molar-refractivity contribution in [2.45, 2.75) is 11.4 Å². The average molecular weight is 297 g/mol. The second-order valence-corrected chi connectivity index (χ2v) is 6.56. The summed E-state index contributed by atoms with van der Waals surface area (Å²) in [6, 6.07) is 2.95. The molecule has 0 unspecified atom stereocenters. The summed E-state index contributed by atoms with van der Waals surface area (Å²) in [7, 11) is 1.10. The van der Waals surface area contributed by atoms with Gasteiger partial charge in [-0.05, 0) is 19.2 Å². The highest BCUT2D eigenvalue weighted by molar-refractivity contribution is 7.89. The van der Waals surface area contributed by atoms with Gasteiger partial charge in [0.15, 0.2) is 0 Å². The molecular weight excluding hydrogens is 283 g/mol. The van der Waals surface area contributed by atoms with E-state index in [-0.39, 0.29) is 9.92 Å². The molecule has 1 aromatic rings. The van der Waals surface area contributed by atoms with Gasteiger partial charge in [0.05, 0.1) is 5.02 Å². The Bertz CT molecular complexity index is 515. The monoisotopic (exact) mass is 296 g/mol. The van der Waals surface area contributed by atoms with Crippen LogP contribution in [0.5, 0.6) is 0 Å². The van der Waals surface area contributed by atoms with Crippen LogP contribution in [0.2, 0.25) is 10.0 Å². The Morgan fingerprint density at radius 1 is 1.29 bits per heavy atom. The molecule has 0 amide bonds. The van der Waals surface area contributed by atoms with E-state index in [1.807, 2.05) is 0 Å². The molecule has 0 aliphatic heterocycles. The number of hydrogen-bond donors (Lipinski definition) is 1. The summed E-state index contributed by atoms with van der Waals surface area (Å²) in [6.07, 6.45) is 0. The number of rotatable bonds is 4. The number of nitrogens with zero attached hydrogens (tertiary/aromatic N) is 1. The van der Waals surface area contributed by atoms with Gasteiger partial charge >= 0.3 is 0 Å². The van der Waals surface area contributed by atoms with Gasteiger partial charge < -0.3 is 5.32 Å². The van der Waals surface area contributed by atoms with E-state index in [0.29, 0.717) is 17.1 Å². The van der Waals surface area contributed by atoms with E-state index in [1.165, 1.54) is 26.2 Å². The lowest BCUT2D eigenvalue weighted by Gasteiger charge is -2.15. The van der Waals surface area contributed by atoms with Gasteiger partial charge in [-0.15, -0.1) is 0 Å². The third-order valence-electron chi connectivity index (χ3n) is 2.26. The SMILES string of the molecule is CNCc1c(Cl)ccc(S(=O)(=O)N(C)C)c1Cl. The van der Waals surface area contributed by atoms with Gasteiger partial charge in [-0.25, -0.2) is 12.7 Å². The normalized spacial score (nSPS) is 12.1. The Hall–Kier alpha value is -0.330. The molecule has 0 spiro atoms. The van der Waals surface area contributed by atoms with E-state index >= 15 is 0 Å². The minimum atomic E-state index is -3.55. The van der Waals surface area contributed by atoms with E-state index in [0.717, 1.165) is 4.31 Å². The Balaban J connectivity index is 3.44.